The molecule has 0 atom stereocenters. The van der Waals surface area contributed by atoms with Crippen molar-refractivity contribution in [1.29, 1.82) is 0 Å². The maximum Gasteiger partial charge on any atom is 0.315 e. The molecule has 0 saturated heterocycles. The molecular formula is C12H22N4O. The smallest absolute Gasteiger partial charge is 0.315 e. The number of aromatic nitrogens is 2. The van der Waals surface area contributed by atoms with Crippen molar-refractivity contribution in [3.05, 3.63) is 5.89 Å². The minimum Gasteiger partial charge on any atom is -0.407 e. The SMILES string of the molecule is CCC(C)(CC)Nc1nnc(CNC2CC2)o1. The molecule has 17 heavy (non-hydrogen) atoms. The first-order chi connectivity index (χ1) is 8.15. The van der Waals surface area contributed by atoms with Gasteiger partial charge in [0.2, 0.25) is 5.89 Å². The van der Waals surface area contributed by atoms with Crippen molar-refractivity contribution >= 4 is 6.01 Å². The minimum absolute atomic E-state index is 0.0354. The summed E-state index contributed by atoms with van der Waals surface area (Å²) in [5.41, 5.74) is 0.0354. The Balaban J connectivity index is 1.87. The predicted octanol–water partition coefficient (Wildman–Crippen LogP) is 2.31. The molecule has 0 aromatic carbocycles. The Morgan fingerprint density at radius 1 is 1.29 bits per heavy atom. The lowest BCUT2D eigenvalue weighted by atomic mass is 9.96. The largest absolute Gasteiger partial charge is 0.407 e. The van der Waals surface area contributed by atoms with Crippen LogP contribution in [0.5, 0.6) is 0 Å². The standard InChI is InChI=1S/C12H22N4O/c1-4-12(3,5-2)14-11-16-15-10(17-11)8-13-9-6-7-9/h9,13H,4-8H2,1-3H3,(H,14,16). The molecule has 2 N–H and O–H groups in total. The molecule has 96 valence electrons. The average Bonchev–Trinajstić information content (AvgIpc) is 3.07. The van der Waals surface area contributed by atoms with Crippen LogP contribution in [0.25, 0.3) is 0 Å². The van der Waals surface area contributed by atoms with E-state index in [9.17, 15) is 0 Å². The summed E-state index contributed by atoms with van der Waals surface area (Å²) in [7, 11) is 0. The molecule has 0 aliphatic heterocycles. The Hall–Kier alpha value is -1.10. The molecule has 2 rings (SSSR count). The van der Waals surface area contributed by atoms with Gasteiger partial charge >= 0.3 is 6.01 Å². The van der Waals surface area contributed by atoms with Gasteiger partial charge in [-0.25, -0.2) is 0 Å². The lowest BCUT2D eigenvalue weighted by Crippen LogP contribution is -2.33. The molecular weight excluding hydrogens is 216 g/mol. The van der Waals surface area contributed by atoms with Crippen molar-refractivity contribution in [3.63, 3.8) is 0 Å². The van der Waals surface area contributed by atoms with Crippen LogP contribution < -0.4 is 10.6 Å². The van der Waals surface area contributed by atoms with Gasteiger partial charge in [-0.05, 0) is 32.6 Å². The first-order valence-corrected chi connectivity index (χ1v) is 6.49. The van der Waals surface area contributed by atoms with Crippen molar-refractivity contribution in [2.24, 2.45) is 0 Å². The highest BCUT2D eigenvalue weighted by atomic mass is 16.4. The quantitative estimate of drug-likeness (QED) is 0.763. The monoisotopic (exact) mass is 238 g/mol. The molecule has 1 fully saturated rings. The molecule has 0 spiro atoms. The van der Waals surface area contributed by atoms with Crippen molar-refractivity contribution in [2.75, 3.05) is 5.32 Å². The van der Waals surface area contributed by atoms with E-state index in [0.717, 1.165) is 12.8 Å². The van der Waals surface area contributed by atoms with Crippen LogP contribution in [0.2, 0.25) is 0 Å². The first kappa shape index (κ1) is 12.4. The molecule has 0 unspecified atom stereocenters. The molecule has 0 radical (unpaired) electrons. The van der Waals surface area contributed by atoms with Gasteiger partial charge in [-0.15, -0.1) is 5.10 Å². The van der Waals surface area contributed by atoms with Crippen LogP contribution in [0, 0.1) is 0 Å². The molecule has 0 bridgehead atoms. The number of rotatable bonds is 7. The molecule has 1 aromatic rings. The van der Waals surface area contributed by atoms with Gasteiger partial charge in [-0.3, -0.25) is 0 Å². The van der Waals surface area contributed by atoms with Crippen LogP contribution in [-0.2, 0) is 6.54 Å². The summed E-state index contributed by atoms with van der Waals surface area (Å²) in [6.45, 7) is 7.15. The van der Waals surface area contributed by atoms with E-state index in [1.807, 2.05) is 0 Å². The summed E-state index contributed by atoms with van der Waals surface area (Å²) in [5.74, 6) is 0.661. The van der Waals surface area contributed by atoms with Crippen LogP contribution in [0.1, 0.15) is 52.3 Å². The highest BCUT2D eigenvalue weighted by molar-refractivity contribution is 5.23. The van der Waals surface area contributed by atoms with E-state index in [4.69, 9.17) is 4.42 Å². The van der Waals surface area contributed by atoms with Gasteiger partial charge in [0.05, 0.1) is 6.54 Å². The van der Waals surface area contributed by atoms with Gasteiger partial charge < -0.3 is 15.1 Å². The van der Waals surface area contributed by atoms with Gasteiger partial charge in [0, 0.05) is 11.6 Å². The zero-order chi connectivity index (χ0) is 12.3. The van der Waals surface area contributed by atoms with Gasteiger partial charge in [0.25, 0.3) is 0 Å². The van der Waals surface area contributed by atoms with E-state index in [0.29, 0.717) is 24.5 Å². The van der Waals surface area contributed by atoms with Crippen molar-refractivity contribution in [2.45, 2.75) is 64.6 Å². The summed E-state index contributed by atoms with van der Waals surface area (Å²) in [6.07, 6.45) is 4.59. The molecule has 1 aliphatic carbocycles. The Morgan fingerprint density at radius 3 is 2.59 bits per heavy atom. The van der Waals surface area contributed by atoms with Crippen LogP contribution in [-0.4, -0.2) is 21.8 Å². The number of anilines is 1. The Labute approximate surface area is 102 Å². The lowest BCUT2D eigenvalue weighted by Gasteiger charge is -2.26. The van der Waals surface area contributed by atoms with Crippen molar-refractivity contribution in [1.82, 2.24) is 15.5 Å². The van der Waals surface area contributed by atoms with E-state index >= 15 is 0 Å². The highest BCUT2D eigenvalue weighted by Crippen LogP contribution is 2.21. The number of hydrogen-bond donors (Lipinski definition) is 2. The average molecular weight is 238 g/mol. The van der Waals surface area contributed by atoms with Gasteiger partial charge in [0.1, 0.15) is 0 Å². The number of nitrogens with zero attached hydrogens (tertiary/aromatic N) is 2. The summed E-state index contributed by atoms with van der Waals surface area (Å²) in [5, 5.41) is 14.7. The minimum atomic E-state index is 0.0354. The number of nitrogens with one attached hydrogen (secondary N) is 2. The van der Waals surface area contributed by atoms with Gasteiger partial charge in [-0.1, -0.05) is 18.9 Å². The zero-order valence-electron chi connectivity index (χ0n) is 10.9. The second-order valence-electron chi connectivity index (χ2n) is 5.05. The maximum absolute atomic E-state index is 5.57. The molecule has 1 saturated carbocycles. The summed E-state index contributed by atoms with van der Waals surface area (Å²) in [4.78, 5) is 0. The third kappa shape index (κ3) is 3.43. The Kier molecular flexibility index (Phi) is 3.66. The second-order valence-corrected chi connectivity index (χ2v) is 5.05. The van der Waals surface area contributed by atoms with Crippen molar-refractivity contribution < 1.29 is 4.42 Å². The topological polar surface area (TPSA) is 63.0 Å². The van der Waals surface area contributed by atoms with E-state index in [-0.39, 0.29) is 5.54 Å². The normalized spacial score (nSPS) is 16.2. The van der Waals surface area contributed by atoms with Crippen LogP contribution in [0.3, 0.4) is 0 Å². The molecule has 5 nitrogen and oxygen atoms in total. The molecule has 1 heterocycles. The maximum atomic E-state index is 5.57. The second kappa shape index (κ2) is 5.04. The molecule has 0 amide bonds. The zero-order valence-corrected chi connectivity index (χ0v) is 10.9. The highest BCUT2D eigenvalue weighted by Gasteiger charge is 2.23. The number of hydrogen-bond acceptors (Lipinski definition) is 5. The third-order valence-electron chi connectivity index (χ3n) is 3.56. The predicted molar refractivity (Wildman–Crippen MR) is 66.8 cm³/mol. The fraction of sp³-hybridized carbons (Fsp3) is 0.833. The van der Waals surface area contributed by atoms with E-state index in [1.165, 1.54) is 12.8 Å². The van der Waals surface area contributed by atoms with Gasteiger partial charge in [0.15, 0.2) is 0 Å². The summed E-state index contributed by atoms with van der Waals surface area (Å²) >= 11 is 0. The van der Waals surface area contributed by atoms with E-state index < -0.39 is 0 Å². The van der Waals surface area contributed by atoms with Crippen LogP contribution in [0.4, 0.5) is 6.01 Å². The fourth-order valence-electron chi connectivity index (χ4n) is 1.58. The Morgan fingerprint density at radius 2 is 2.00 bits per heavy atom. The van der Waals surface area contributed by atoms with E-state index in [2.05, 4.69) is 41.6 Å². The first-order valence-electron chi connectivity index (χ1n) is 6.49. The molecule has 1 aromatic heterocycles. The lowest BCUT2D eigenvalue weighted by molar-refractivity contribution is 0.430. The summed E-state index contributed by atoms with van der Waals surface area (Å²) in [6, 6.07) is 1.19. The third-order valence-corrected chi connectivity index (χ3v) is 3.56. The fourth-order valence-corrected chi connectivity index (χ4v) is 1.58. The van der Waals surface area contributed by atoms with Crippen LogP contribution >= 0.6 is 0 Å². The van der Waals surface area contributed by atoms with Crippen LogP contribution in [0.15, 0.2) is 4.42 Å². The summed E-state index contributed by atoms with van der Waals surface area (Å²) < 4.78 is 5.57. The van der Waals surface area contributed by atoms with Gasteiger partial charge in [-0.2, -0.15) is 0 Å². The molecule has 5 heteroatoms. The van der Waals surface area contributed by atoms with Crippen molar-refractivity contribution in [3.8, 4) is 0 Å². The van der Waals surface area contributed by atoms with E-state index in [1.54, 1.807) is 0 Å². The Bertz CT molecular complexity index is 355. The molecule has 1 aliphatic rings.